The van der Waals surface area contributed by atoms with Gasteiger partial charge >= 0.3 is 0 Å². The van der Waals surface area contributed by atoms with Gasteiger partial charge in [-0.25, -0.2) is 8.42 Å². The van der Waals surface area contributed by atoms with Crippen molar-refractivity contribution < 1.29 is 13.5 Å². The van der Waals surface area contributed by atoms with E-state index in [2.05, 4.69) is 6.92 Å². The van der Waals surface area contributed by atoms with Gasteiger partial charge in [0.25, 0.3) is 0 Å². The van der Waals surface area contributed by atoms with E-state index < -0.39 is 20.5 Å². The minimum Gasteiger partial charge on any atom is -0.396 e. The van der Waals surface area contributed by atoms with E-state index in [0.717, 1.165) is 12.0 Å². The molecule has 0 heterocycles. The number of aliphatic hydroxyl groups is 1. The van der Waals surface area contributed by atoms with E-state index in [0.29, 0.717) is 0 Å². The number of aryl methyl sites for hydroxylation is 1. The molecule has 0 spiro atoms. The molecule has 1 aliphatic carbocycles. The van der Waals surface area contributed by atoms with E-state index in [1.807, 2.05) is 24.3 Å². The van der Waals surface area contributed by atoms with Gasteiger partial charge in [0.1, 0.15) is 0 Å². The number of hydrogen-bond donors (Lipinski definition) is 2. The highest BCUT2D eigenvalue weighted by atomic mass is 32.2. The van der Waals surface area contributed by atoms with E-state index in [1.54, 1.807) is 0 Å². The van der Waals surface area contributed by atoms with Gasteiger partial charge in [-0.3, -0.25) is 0 Å². The van der Waals surface area contributed by atoms with Crippen molar-refractivity contribution >= 4 is 9.84 Å². The van der Waals surface area contributed by atoms with Crippen LogP contribution in [0.1, 0.15) is 24.0 Å². The van der Waals surface area contributed by atoms with Gasteiger partial charge in [0.15, 0.2) is 9.84 Å². The smallest absolute Gasteiger partial charge is 0.151 e. The molecule has 0 aromatic heterocycles. The van der Waals surface area contributed by atoms with Crippen LogP contribution in [0.3, 0.4) is 0 Å². The molecule has 0 saturated heterocycles. The molecule has 0 aliphatic heterocycles. The molecule has 0 radical (unpaired) electrons. The Kier molecular flexibility index (Phi) is 3.73. The van der Waals surface area contributed by atoms with Gasteiger partial charge < -0.3 is 10.8 Å². The maximum Gasteiger partial charge on any atom is 0.151 e. The molecule has 2 rings (SSSR count). The van der Waals surface area contributed by atoms with Crippen molar-refractivity contribution in [3.63, 3.8) is 0 Å². The average molecular weight is 283 g/mol. The first-order valence-electron chi connectivity index (χ1n) is 6.49. The van der Waals surface area contributed by atoms with Gasteiger partial charge in [0.2, 0.25) is 0 Å². The second-order valence-electron chi connectivity index (χ2n) is 5.42. The lowest BCUT2D eigenvalue weighted by Gasteiger charge is -2.11. The molecule has 106 valence electrons. The summed E-state index contributed by atoms with van der Waals surface area (Å²) in [6, 6.07) is 7.92. The maximum absolute atomic E-state index is 11.9. The summed E-state index contributed by atoms with van der Waals surface area (Å²) >= 11 is 0. The average Bonchev–Trinajstić information content (AvgIpc) is 3.09. The lowest BCUT2D eigenvalue weighted by molar-refractivity contribution is 0.212. The van der Waals surface area contributed by atoms with Crippen LogP contribution in [0.2, 0.25) is 0 Å². The largest absolute Gasteiger partial charge is 0.396 e. The fraction of sp³-hybridized carbons (Fsp3) is 0.571. The topological polar surface area (TPSA) is 80.4 Å². The van der Waals surface area contributed by atoms with Crippen LogP contribution in [-0.2, 0) is 16.3 Å². The number of sulfone groups is 1. The van der Waals surface area contributed by atoms with Crippen molar-refractivity contribution in [1.29, 1.82) is 0 Å². The SMILES string of the molecule is CCc1ccc([C@H]2[C@@H](S(C)(=O)=O)[C@@]2(CN)CO)cc1. The first kappa shape index (κ1) is 14.5. The van der Waals surface area contributed by atoms with Gasteiger partial charge in [-0.2, -0.15) is 0 Å². The lowest BCUT2D eigenvalue weighted by atomic mass is 9.99. The van der Waals surface area contributed by atoms with E-state index >= 15 is 0 Å². The van der Waals surface area contributed by atoms with Gasteiger partial charge in [-0.05, 0) is 17.5 Å². The van der Waals surface area contributed by atoms with Crippen molar-refractivity contribution in [1.82, 2.24) is 0 Å². The highest BCUT2D eigenvalue weighted by Crippen LogP contribution is 2.61. The second kappa shape index (κ2) is 4.89. The van der Waals surface area contributed by atoms with Crippen molar-refractivity contribution in [2.24, 2.45) is 11.1 Å². The van der Waals surface area contributed by atoms with Crippen molar-refractivity contribution in [2.75, 3.05) is 19.4 Å². The first-order chi connectivity index (χ1) is 8.90. The Hall–Kier alpha value is -0.910. The number of nitrogens with two attached hydrogens (primary N) is 1. The summed E-state index contributed by atoms with van der Waals surface area (Å²) in [4.78, 5) is 0. The lowest BCUT2D eigenvalue weighted by Crippen LogP contribution is -2.27. The molecule has 1 fully saturated rings. The Balaban J connectivity index is 2.37. The van der Waals surface area contributed by atoms with Crippen LogP contribution in [0, 0.1) is 5.41 Å². The van der Waals surface area contributed by atoms with E-state index in [4.69, 9.17) is 5.73 Å². The minimum absolute atomic E-state index is 0.182. The third kappa shape index (κ3) is 2.30. The zero-order chi connectivity index (χ0) is 14.3. The zero-order valence-electron chi connectivity index (χ0n) is 11.3. The summed E-state index contributed by atoms with van der Waals surface area (Å²) in [5.41, 5.74) is 7.18. The fourth-order valence-electron chi connectivity index (χ4n) is 3.09. The molecule has 1 aliphatic rings. The highest BCUT2D eigenvalue weighted by Gasteiger charge is 2.68. The summed E-state index contributed by atoms with van der Waals surface area (Å²) in [5.74, 6) is -0.191. The molecule has 1 aromatic rings. The molecule has 0 unspecified atom stereocenters. The monoisotopic (exact) mass is 283 g/mol. The molecule has 4 nitrogen and oxygen atoms in total. The first-order valence-corrected chi connectivity index (χ1v) is 8.44. The van der Waals surface area contributed by atoms with Gasteiger partial charge in [-0.15, -0.1) is 0 Å². The quantitative estimate of drug-likeness (QED) is 0.833. The molecule has 0 amide bonds. The number of aliphatic hydroxyl groups excluding tert-OH is 1. The van der Waals surface area contributed by atoms with E-state index in [9.17, 15) is 13.5 Å². The molecule has 19 heavy (non-hydrogen) atoms. The summed E-state index contributed by atoms with van der Waals surface area (Å²) in [5, 5.41) is 9.01. The van der Waals surface area contributed by atoms with Gasteiger partial charge in [0.05, 0.1) is 11.9 Å². The third-order valence-corrected chi connectivity index (χ3v) is 5.93. The van der Waals surface area contributed by atoms with Crippen LogP contribution in [-0.4, -0.2) is 38.2 Å². The predicted molar refractivity (Wildman–Crippen MR) is 75.8 cm³/mol. The van der Waals surface area contributed by atoms with Crippen LogP contribution >= 0.6 is 0 Å². The van der Waals surface area contributed by atoms with Crippen LogP contribution in [0.4, 0.5) is 0 Å². The van der Waals surface area contributed by atoms with Gasteiger partial charge in [-0.1, -0.05) is 31.2 Å². The number of hydrogen-bond acceptors (Lipinski definition) is 4. The predicted octanol–water partition coefficient (Wildman–Crippen LogP) is 0.697. The minimum atomic E-state index is -3.21. The second-order valence-corrected chi connectivity index (χ2v) is 7.59. The molecule has 3 atom stereocenters. The standard InChI is InChI=1S/C14H21NO3S/c1-3-10-4-6-11(7-5-10)12-13(19(2,17)18)14(12,8-15)9-16/h4-7,12-13,16H,3,8-9,15H2,1-2H3/t12-,13+,14-/m0/s1. The Labute approximate surface area is 114 Å². The third-order valence-electron chi connectivity index (χ3n) is 4.26. The summed E-state index contributed by atoms with van der Waals surface area (Å²) < 4.78 is 23.7. The maximum atomic E-state index is 11.9. The van der Waals surface area contributed by atoms with Crippen LogP contribution in [0.25, 0.3) is 0 Å². The Morgan fingerprint density at radius 3 is 2.21 bits per heavy atom. The number of benzene rings is 1. The molecule has 0 bridgehead atoms. The van der Waals surface area contributed by atoms with Crippen molar-refractivity contribution in [3.8, 4) is 0 Å². The van der Waals surface area contributed by atoms with Crippen LogP contribution < -0.4 is 5.73 Å². The van der Waals surface area contributed by atoms with Crippen LogP contribution in [0.15, 0.2) is 24.3 Å². The summed E-state index contributed by atoms with van der Waals surface area (Å²) in [6.45, 7) is 2.06. The van der Waals surface area contributed by atoms with Gasteiger partial charge in [0, 0.05) is 24.1 Å². The summed E-state index contributed by atoms with van der Waals surface area (Å²) in [6.07, 6.45) is 2.17. The molecular weight excluding hydrogens is 262 g/mol. The van der Waals surface area contributed by atoms with Crippen molar-refractivity contribution in [3.05, 3.63) is 35.4 Å². The Morgan fingerprint density at radius 1 is 1.32 bits per heavy atom. The Morgan fingerprint density at radius 2 is 1.89 bits per heavy atom. The van der Waals surface area contributed by atoms with E-state index in [-0.39, 0.29) is 19.1 Å². The molecule has 5 heteroatoms. The zero-order valence-corrected chi connectivity index (χ0v) is 12.2. The number of rotatable bonds is 5. The molecule has 1 saturated carbocycles. The summed E-state index contributed by atoms with van der Waals surface area (Å²) in [7, 11) is -3.21. The van der Waals surface area contributed by atoms with Crippen LogP contribution in [0.5, 0.6) is 0 Å². The molecular formula is C14H21NO3S. The highest BCUT2D eigenvalue weighted by molar-refractivity contribution is 7.91. The molecule has 1 aromatic carbocycles. The van der Waals surface area contributed by atoms with Crippen molar-refractivity contribution in [2.45, 2.75) is 24.5 Å². The molecule has 3 N–H and O–H groups in total. The normalized spacial score (nSPS) is 30.3. The fourth-order valence-corrected chi connectivity index (χ4v) is 5.10. The Bertz CT molecular complexity index is 547. The van der Waals surface area contributed by atoms with E-state index in [1.165, 1.54) is 11.8 Å².